The molecule has 0 radical (unpaired) electrons. The van der Waals surface area contributed by atoms with Crippen molar-refractivity contribution in [1.29, 1.82) is 0 Å². The molecule has 20 heavy (non-hydrogen) atoms. The Balaban J connectivity index is 2.61. The van der Waals surface area contributed by atoms with Crippen molar-refractivity contribution in [3.8, 4) is 0 Å². The largest absolute Gasteiger partial charge is 0.344 e. The van der Waals surface area contributed by atoms with E-state index < -0.39 is 16.2 Å². The summed E-state index contributed by atoms with van der Waals surface area (Å²) in [5.41, 5.74) is 8.62. The van der Waals surface area contributed by atoms with Crippen molar-refractivity contribution in [3.05, 3.63) is 54.7 Å². The van der Waals surface area contributed by atoms with E-state index in [0.717, 1.165) is 18.4 Å². The quantitative estimate of drug-likeness (QED) is 0.275. The van der Waals surface area contributed by atoms with Gasteiger partial charge in [0.1, 0.15) is 5.69 Å². The predicted octanol–water partition coefficient (Wildman–Crippen LogP) is 2.80. The first-order valence-corrected chi connectivity index (χ1v) is 6.03. The number of hydrogen-bond donors (Lipinski definition) is 0. The number of aryl methyl sites for hydroxylation is 2. The van der Waals surface area contributed by atoms with Gasteiger partial charge >= 0.3 is 11.2 Å². The second-order valence-electron chi connectivity index (χ2n) is 4.52. The molecule has 0 spiro atoms. The van der Waals surface area contributed by atoms with Crippen LogP contribution in [-0.4, -0.2) is 9.49 Å². The fourth-order valence-corrected chi connectivity index (χ4v) is 2.71. The number of pyridine rings is 1. The molecule has 2 aromatic rings. The third kappa shape index (κ3) is 1.55. The minimum absolute atomic E-state index is 0.197. The van der Waals surface area contributed by atoms with Crippen LogP contribution in [-0.2, 0) is 13.0 Å². The van der Waals surface area contributed by atoms with Crippen LogP contribution in [0.1, 0.15) is 12.0 Å². The molecule has 0 unspecified atom stereocenters. The highest BCUT2D eigenvalue weighted by atomic mass is 16.6. The normalized spacial score (nSPS) is 13.0. The van der Waals surface area contributed by atoms with E-state index in [0.29, 0.717) is 17.4 Å². The van der Waals surface area contributed by atoms with Gasteiger partial charge in [-0.25, -0.2) is 0 Å². The van der Waals surface area contributed by atoms with Crippen LogP contribution >= 0.6 is 0 Å². The Hall–Kier alpha value is -2.86. The van der Waals surface area contributed by atoms with Gasteiger partial charge in [-0.2, -0.15) is 0 Å². The van der Waals surface area contributed by atoms with Gasteiger partial charge in [0.05, 0.1) is 10.4 Å². The van der Waals surface area contributed by atoms with Crippen LogP contribution < -0.4 is 5.56 Å². The van der Waals surface area contributed by atoms with Crippen molar-refractivity contribution >= 4 is 22.3 Å². The van der Waals surface area contributed by atoms with E-state index >= 15 is 0 Å². The van der Waals surface area contributed by atoms with Crippen molar-refractivity contribution in [2.75, 3.05) is 0 Å². The maximum Gasteiger partial charge on any atom is 0.344 e. The average molecular weight is 271 g/mol. The lowest BCUT2D eigenvalue weighted by Crippen LogP contribution is -2.26. The number of benzene rings is 1. The second-order valence-corrected chi connectivity index (χ2v) is 4.52. The highest BCUT2D eigenvalue weighted by Gasteiger charge is 2.27. The first kappa shape index (κ1) is 12.2. The zero-order valence-electron chi connectivity index (χ0n) is 10.3. The van der Waals surface area contributed by atoms with Crippen LogP contribution in [0, 0.1) is 10.1 Å². The van der Waals surface area contributed by atoms with Crippen molar-refractivity contribution in [2.24, 2.45) is 5.11 Å². The Bertz CT molecular complexity index is 848. The standard InChI is InChI=1S/C12H9N5O3/c13-15-14-9-8-5-1-3-7-4-2-6-16(10(7)8)12(18)11(9)17(19)20/h1,3,5H,2,4,6H2. The average Bonchev–Trinajstić information content (AvgIpc) is 2.44. The molecule has 2 heterocycles. The minimum atomic E-state index is -0.781. The molecule has 0 saturated heterocycles. The molecule has 100 valence electrons. The summed E-state index contributed by atoms with van der Waals surface area (Å²) in [5, 5.41) is 15.0. The van der Waals surface area contributed by atoms with Crippen LogP contribution in [0.3, 0.4) is 0 Å². The van der Waals surface area contributed by atoms with Gasteiger partial charge in [-0.15, -0.1) is 0 Å². The first-order chi connectivity index (χ1) is 9.65. The van der Waals surface area contributed by atoms with E-state index in [1.807, 2.05) is 6.07 Å². The highest BCUT2D eigenvalue weighted by molar-refractivity contribution is 5.96. The summed E-state index contributed by atoms with van der Waals surface area (Å²) in [6.07, 6.45) is 1.55. The van der Waals surface area contributed by atoms with E-state index in [1.54, 1.807) is 12.1 Å². The monoisotopic (exact) mass is 271 g/mol. The minimum Gasteiger partial charge on any atom is -0.302 e. The number of aromatic nitrogens is 1. The lowest BCUT2D eigenvalue weighted by Gasteiger charge is -2.19. The molecule has 0 fully saturated rings. The molecule has 8 heteroatoms. The Morgan fingerprint density at radius 1 is 1.45 bits per heavy atom. The van der Waals surface area contributed by atoms with Crippen LogP contribution in [0.4, 0.5) is 11.4 Å². The zero-order chi connectivity index (χ0) is 14.3. The zero-order valence-corrected chi connectivity index (χ0v) is 10.3. The van der Waals surface area contributed by atoms with Gasteiger partial charge in [0.2, 0.25) is 0 Å². The fourth-order valence-electron chi connectivity index (χ4n) is 2.71. The summed E-state index contributed by atoms with van der Waals surface area (Å²) in [7, 11) is 0. The second kappa shape index (κ2) is 4.36. The predicted molar refractivity (Wildman–Crippen MR) is 72.0 cm³/mol. The molecule has 0 N–H and O–H groups in total. The van der Waals surface area contributed by atoms with Crippen molar-refractivity contribution < 1.29 is 4.92 Å². The Morgan fingerprint density at radius 2 is 2.25 bits per heavy atom. The Morgan fingerprint density at radius 3 is 2.95 bits per heavy atom. The van der Waals surface area contributed by atoms with Gasteiger partial charge in [-0.3, -0.25) is 14.9 Å². The summed E-state index contributed by atoms with van der Waals surface area (Å²) in [5.74, 6) is 0. The summed E-state index contributed by atoms with van der Waals surface area (Å²) in [6.45, 7) is 0.434. The van der Waals surface area contributed by atoms with Gasteiger partial charge < -0.3 is 4.57 Å². The van der Waals surface area contributed by atoms with Crippen molar-refractivity contribution in [3.63, 3.8) is 0 Å². The topological polar surface area (TPSA) is 114 Å². The molecule has 0 atom stereocenters. The SMILES string of the molecule is [N-]=[N+]=Nc1c([N+](=O)[O-])c(=O)n2c3c(cccc13)CCC2. The lowest BCUT2D eigenvalue weighted by atomic mass is 10.00. The molecule has 8 nitrogen and oxygen atoms in total. The number of azide groups is 1. The van der Waals surface area contributed by atoms with Crippen LogP contribution in [0.15, 0.2) is 28.1 Å². The van der Waals surface area contributed by atoms with Crippen LogP contribution in [0.2, 0.25) is 0 Å². The Kier molecular flexibility index (Phi) is 2.66. The molecule has 1 aromatic heterocycles. The number of para-hydroxylation sites is 1. The van der Waals surface area contributed by atoms with Crippen molar-refractivity contribution in [2.45, 2.75) is 19.4 Å². The van der Waals surface area contributed by atoms with Crippen molar-refractivity contribution in [1.82, 2.24) is 4.57 Å². The number of nitrogens with zero attached hydrogens (tertiary/aromatic N) is 5. The molecular formula is C12H9N5O3. The number of hydrogen-bond acceptors (Lipinski definition) is 4. The summed E-state index contributed by atoms with van der Waals surface area (Å²) in [4.78, 5) is 25.3. The maximum absolute atomic E-state index is 12.3. The van der Waals surface area contributed by atoms with Gasteiger partial charge in [0, 0.05) is 16.8 Å². The summed E-state index contributed by atoms with van der Waals surface area (Å²) in [6, 6.07) is 5.26. The van der Waals surface area contributed by atoms with E-state index in [4.69, 9.17) is 5.53 Å². The molecule has 1 aromatic carbocycles. The van der Waals surface area contributed by atoms with E-state index in [2.05, 4.69) is 10.0 Å². The number of rotatable bonds is 2. The van der Waals surface area contributed by atoms with Gasteiger partial charge in [-0.1, -0.05) is 23.3 Å². The van der Waals surface area contributed by atoms with Gasteiger partial charge in [-0.05, 0) is 23.9 Å². The molecule has 0 saturated carbocycles. The van der Waals surface area contributed by atoms with E-state index in [1.165, 1.54) is 4.57 Å². The molecule has 1 aliphatic rings. The fraction of sp³-hybridized carbons (Fsp3) is 0.250. The summed E-state index contributed by atoms with van der Waals surface area (Å²) >= 11 is 0. The molecule has 0 bridgehead atoms. The maximum atomic E-state index is 12.3. The third-order valence-electron chi connectivity index (χ3n) is 3.47. The first-order valence-electron chi connectivity index (χ1n) is 6.03. The van der Waals surface area contributed by atoms with Crippen LogP contribution in [0.25, 0.3) is 21.3 Å². The number of nitro groups is 1. The highest BCUT2D eigenvalue weighted by Crippen LogP contribution is 2.36. The molecule has 3 rings (SSSR count). The molecule has 0 amide bonds. The lowest BCUT2D eigenvalue weighted by molar-refractivity contribution is -0.385. The molecular weight excluding hydrogens is 262 g/mol. The Labute approximate surface area is 112 Å². The van der Waals surface area contributed by atoms with Gasteiger partial charge in [0.25, 0.3) is 0 Å². The molecule has 1 aliphatic heterocycles. The summed E-state index contributed by atoms with van der Waals surface area (Å²) < 4.78 is 1.41. The smallest absolute Gasteiger partial charge is 0.302 e. The van der Waals surface area contributed by atoms with Gasteiger partial charge in [0.15, 0.2) is 0 Å². The van der Waals surface area contributed by atoms with E-state index in [9.17, 15) is 14.9 Å². The van der Waals surface area contributed by atoms with Crippen LogP contribution in [0.5, 0.6) is 0 Å². The van der Waals surface area contributed by atoms with E-state index in [-0.39, 0.29) is 5.69 Å². The molecule has 0 aliphatic carbocycles. The third-order valence-corrected chi connectivity index (χ3v) is 3.47.